The molecule has 0 saturated heterocycles. The second-order valence-electron chi connectivity index (χ2n) is 7.28. The molecule has 0 nitrogen and oxygen atoms in total. The van der Waals surface area contributed by atoms with E-state index in [1.807, 2.05) is 0 Å². The van der Waals surface area contributed by atoms with Crippen molar-refractivity contribution in [1.29, 1.82) is 0 Å². The van der Waals surface area contributed by atoms with Crippen molar-refractivity contribution in [3.63, 3.8) is 0 Å². The third-order valence-electron chi connectivity index (χ3n) is 4.83. The summed E-state index contributed by atoms with van der Waals surface area (Å²) in [5, 5.41) is 2.64. The zero-order chi connectivity index (χ0) is 17.1. The Morgan fingerprint density at radius 2 is 1.42 bits per heavy atom. The van der Waals surface area contributed by atoms with Gasteiger partial charge in [-0.15, -0.1) is 0 Å². The zero-order valence-electron chi connectivity index (χ0n) is 15.2. The molecule has 3 rings (SSSR count). The number of hydrogen-bond donors (Lipinski definition) is 0. The predicted molar refractivity (Wildman–Crippen MR) is 105 cm³/mol. The average molecular weight is 315 g/mol. The van der Waals surface area contributed by atoms with Crippen molar-refractivity contribution in [2.45, 2.75) is 40.0 Å². The molecule has 0 fully saturated rings. The van der Waals surface area contributed by atoms with Crippen LogP contribution in [0.4, 0.5) is 0 Å². The second-order valence-corrected chi connectivity index (χ2v) is 7.28. The van der Waals surface area contributed by atoms with Gasteiger partial charge >= 0.3 is 0 Å². The van der Waals surface area contributed by atoms with Gasteiger partial charge < -0.3 is 0 Å². The van der Waals surface area contributed by atoms with Gasteiger partial charge in [0.25, 0.3) is 0 Å². The van der Waals surface area contributed by atoms with Crippen LogP contribution in [0.5, 0.6) is 0 Å². The molecule has 0 aliphatic rings. The molecule has 0 aliphatic carbocycles. The molecule has 0 unspecified atom stereocenters. The molecule has 0 saturated carbocycles. The number of fused-ring (bicyclic) bond motifs is 1. The highest BCUT2D eigenvalue weighted by molar-refractivity contribution is 5.83. The number of benzene rings is 3. The molecule has 0 bridgehead atoms. The standard InChI is InChI=1S/C24H27/c1-17(2)22-11-7-8-12-23(22)24(18(3)4)16-19-13-14-20-9-5-6-10-21(20)15-19/h5-15,17-18H,16H2,1-4H3. The topological polar surface area (TPSA) is 0 Å². The molecule has 0 spiro atoms. The molecule has 0 atom stereocenters. The normalized spacial score (nSPS) is 11.8. The van der Waals surface area contributed by atoms with Crippen molar-refractivity contribution in [3.05, 3.63) is 89.3 Å². The summed E-state index contributed by atoms with van der Waals surface area (Å²) >= 11 is 0. The van der Waals surface area contributed by atoms with Gasteiger partial charge in [0.05, 0.1) is 0 Å². The lowest BCUT2D eigenvalue weighted by atomic mass is 9.79. The quantitative estimate of drug-likeness (QED) is 0.486. The number of rotatable bonds is 5. The van der Waals surface area contributed by atoms with Gasteiger partial charge in [-0.2, -0.15) is 0 Å². The van der Waals surface area contributed by atoms with Crippen LogP contribution < -0.4 is 0 Å². The van der Waals surface area contributed by atoms with E-state index < -0.39 is 0 Å². The molecule has 0 aromatic heterocycles. The Labute approximate surface area is 146 Å². The minimum Gasteiger partial charge on any atom is -0.0620 e. The van der Waals surface area contributed by atoms with E-state index in [4.69, 9.17) is 0 Å². The Hall–Kier alpha value is -2.08. The summed E-state index contributed by atoms with van der Waals surface area (Å²) in [5.74, 6) is 2.62. The fourth-order valence-electron chi connectivity index (χ4n) is 3.47. The van der Waals surface area contributed by atoms with Crippen LogP contribution in [0.1, 0.15) is 50.3 Å². The minimum absolute atomic E-state index is 0.538. The summed E-state index contributed by atoms with van der Waals surface area (Å²) in [6.07, 6.45) is 1.02. The van der Waals surface area contributed by atoms with Gasteiger partial charge in [0, 0.05) is 5.92 Å². The maximum absolute atomic E-state index is 2.34. The van der Waals surface area contributed by atoms with E-state index in [0.717, 1.165) is 6.42 Å². The van der Waals surface area contributed by atoms with Crippen molar-refractivity contribution >= 4 is 10.8 Å². The summed E-state index contributed by atoms with van der Waals surface area (Å²) in [4.78, 5) is 0. The number of hydrogen-bond acceptors (Lipinski definition) is 0. The molecule has 0 amide bonds. The molecule has 0 heteroatoms. The van der Waals surface area contributed by atoms with Gasteiger partial charge in [0.15, 0.2) is 0 Å². The van der Waals surface area contributed by atoms with E-state index in [1.165, 1.54) is 33.4 Å². The zero-order valence-corrected chi connectivity index (χ0v) is 15.2. The Kier molecular flexibility index (Phi) is 5.04. The van der Waals surface area contributed by atoms with Crippen LogP contribution in [-0.2, 0) is 6.42 Å². The molecule has 3 aromatic carbocycles. The highest BCUT2D eigenvalue weighted by atomic mass is 14.2. The van der Waals surface area contributed by atoms with Gasteiger partial charge in [-0.05, 0) is 45.7 Å². The van der Waals surface area contributed by atoms with Crippen molar-refractivity contribution in [2.24, 2.45) is 5.92 Å². The third kappa shape index (κ3) is 3.53. The molecule has 1 radical (unpaired) electrons. The van der Waals surface area contributed by atoms with Crippen LogP contribution in [-0.4, -0.2) is 0 Å². The largest absolute Gasteiger partial charge is 0.0620 e. The lowest BCUT2D eigenvalue weighted by Gasteiger charge is -2.25. The predicted octanol–water partition coefficient (Wildman–Crippen LogP) is 6.78. The fourth-order valence-corrected chi connectivity index (χ4v) is 3.47. The summed E-state index contributed by atoms with van der Waals surface area (Å²) in [6.45, 7) is 9.20. The molecule has 24 heavy (non-hydrogen) atoms. The van der Waals surface area contributed by atoms with Crippen molar-refractivity contribution in [2.75, 3.05) is 0 Å². The Morgan fingerprint density at radius 1 is 0.750 bits per heavy atom. The van der Waals surface area contributed by atoms with Crippen LogP contribution >= 0.6 is 0 Å². The highest BCUT2D eigenvalue weighted by Crippen LogP contribution is 2.33. The lowest BCUT2D eigenvalue weighted by molar-refractivity contribution is 0.648. The Bertz CT molecular complexity index is 811. The molecular weight excluding hydrogens is 288 g/mol. The van der Waals surface area contributed by atoms with Gasteiger partial charge in [0.2, 0.25) is 0 Å². The maximum Gasteiger partial charge on any atom is 0.0122 e. The highest BCUT2D eigenvalue weighted by Gasteiger charge is 2.21. The van der Waals surface area contributed by atoms with E-state index >= 15 is 0 Å². The van der Waals surface area contributed by atoms with Crippen LogP contribution in [0, 0.1) is 11.8 Å². The molecule has 0 aliphatic heterocycles. The van der Waals surface area contributed by atoms with Crippen LogP contribution in [0.2, 0.25) is 0 Å². The molecular formula is C24H27. The molecule has 0 N–H and O–H groups in total. The SMILES string of the molecule is CC(C)[C](Cc1ccc2ccccc2c1)c1ccccc1C(C)C. The average Bonchev–Trinajstić information content (AvgIpc) is 2.59. The monoisotopic (exact) mass is 315 g/mol. The fraction of sp³-hybridized carbons (Fsp3) is 0.292. The van der Waals surface area contributed by atoms with Gasteiger partial charge in [-0.3, -0.25) is 0 Å². The van der Waals surface area contributed by atoms with Crippen LogP contribution in [0.15, 0.2) is 66.7 Å². The summed E-state index contributed by atoms with van der Waals surface area (Å²) in [5.41, 5.74) is 4.30. The van der Waals surface area contributed by atoms with Gasteiger partial charge in [-0.1, -0.05) is 94.4 Å². The first kappa shape index (κ1) is 16.8. The van der Waals surface area contributed by atoms with E-state index in [-0.39, 0.29) is 0 Å². The summed E-state index contributed by atoms with van der Waals surface area (Å²) in [7, 11) is 0. The van der Waals surface area contributed by atoms with E-state index in [2.05, 4.69) is 94.4 Å². The Balaban J connectivity index is 1.97. The lowest BCUT2D eigenvalue weighted by Crippen LogP contribution is -2.14. The first-order chi connectivity index (χ1) is 11.6. The van der Waals surface area contributed by atoms with Crippen molar-refractivity contribution < 1.29 is 0 Å². The second kappa shape index (κ2) is 7.21. The van der Waals surface area contributed by atoms with E-state index in [1.54, 1.807) is 0 Å². The smallest absolute Gasteiger partial charge is 0.0122 e. The third-order valence-corrected chi connectivity index (χ3v) is 4.83. The summed E-state index contributed by atoms with van der Waals surface area (Å²) in [6, 6.07) is 24.4. The van der Waals surface area contributed by atoms with E-state index in [0.29, 0.717) is 11.8 Å². The van der Waals surface area contributed by atoms with Gasteiger partial charge in [-0.25, -0.2) is 0 Å². The molecule has 123 valence electrons. The Morgan fingerprint density at radius 3 is 2.12 bits per heavy atom. The first-order valence-electron chi connectivity index (χ1n) is 8.99. The molecule has 3 aromatic rings. The minimum atomic E-state index is 0.538. The van der Waals surface area contributed by atoms with Crippen molar-refractivity contribution in [1.82, 2.24) is 0 Å². The summed E-state index contributed by atoms with van der Waals surface area (Å²) < 4.78 is 0. The van der Waals surface area contributed by atoms with Gasteiger partial charge in [0.1, 0.15) is 0 Å². The van der Waals surface area contributed by atoms with Crippen LogP contribution in [0.25, 0.3) is 10.8 Å². The van der Waals surface area contributed by atoms with E-state index in [9.17, 15) is 0 Å². The maximum atomic E-state index is 2.34. The molecule has 0 heterocycles. The van der Waals surface area contributed by atoms with Crippen molar-refractivity contribution in [3.8, 4) is 0 Å². The first-order valence-corrected chi connectivity index (χ1v) is 8.99. The van der Waals surface area contributed by atoms with Crippen LogP contribution in [0.3, 0.4) is 0 Å².